The lowest BCUT2D eigenvalue weighted by atomic mass is 10.4. The number of nitrogens with zero attached hydrogens (tertiary/aromatic N) is 4. The van der Waals surface area contributed by atoms with Crippen molar-refractivity contribution in [2.24, 2.45) is 7.05 Å². The van der Waals surface area contributed by atoms with Crippen LogP contribution in [0.4, 0.5) is 0 Å². The molecule has 0 spiro atoms. The van der Waals surface area contributed by atoms with Gasteiger partial charge >= 0.3 is 0 Å². The molecule has 0 saturated carbocycles. The van der Waals surface area contributed by atoms with Gasteiger partial charge in [0, 0.05) is 26.0 Å². The number of aryl methyl sites for hydroxylation is 1. The van der Waals surface area contributed by atoms with E-state index in [4.69, 9.17) is 4.74 Å². The van der Waals surface area contributed by atoms with Crippen LogP contribution in [-0.4, -0.2) is 52.8 Å². The molecular weight excluding hydrogens is 202 g/mol. The molecule has 0 aliphatic carbocycles. The lowest BCUT2D eigenvalue weighted by Gasteiger charge is -2.13. The number of hydrogen-bond donors (Lipinski definition) is 1. The Bertz CT molecular complexity index is 266. The second kappa shape index (κ2) is 5.94. The van der Waals surface area contributed by atoms with Gasteiger partial charge in [0.1, 0.15) is 0 Å². The van der Waals surface area contributed by atoms with Gasteiger partial charge in [-0.15, -0.1) is 5.10 Å². The van der Waals surface area contributed by atoms with E-state index in [1.54, 1.807) is 23.6 Å². The first-order valence-electron chi connectivity index (χ1n) is 4.29. The summed E-state index contributed by atoms with van der Waals surface area (Å²) in [6.45, 7) is 0.689. The molecule has 14 heavy (non-hydrogen) atoms. The molecule has 0 radical (unpaired) electrons. The van der Waals surface area contributed by atoms with Gasteiger partial charge in [0.2, 0.25) is 5.16 Å². The molecule has 6 nitrogen and oxygen atoms in total. The lowest BCUT2D eigenvalue weighted by Crippen LogP contribution is -2.32. The molecule has 1 N–H and O–H groups in total. The van der Waals surface area contributed by atoms with E-state index < -0.39 is 0 Å². The Kier molecular flexibility index (Phi) is 4.85. The highest BCUT2D eigenvalue weighted by molar-refractivity contribution is 7.99. The summed E-state index contributed by atoms with van der Waals surface area (Å²) in [6, 6.07) is 0.321. The van der Waals surface area contributed by atoms with Crippen LogP contribution in [0.25, 0.3) is 0 Å². The maximum Gasteiger partial charge on any atom is 0.209 e. The van der Waals surface area contributed by atoms with Crippen molar-refractivity contribution in [1.82, 2.24) is 25.5 Å². The van der Waals surface area contributed by atoms with Gasteiger partial charge in [0.05, 0.1) is 6.61 Å². The Balaban J connectivity index is 2.35. The molecule has 0 aromatic carbocycles. The van der Waals surface area contributed by atoms with Crippen LogP contribution in [0.2, 0.25) is 0 Å². The smallest absolute Gasteiger partial charge is 0.209 e. The molecule has 1 aromatic heterocycles. The molecule has 7 heteroatoms. The van der Waals surface area contributed by atoms with Crippen molar-refractivity contribution in [1.29, 1.82) is 0 Å². The molecule has 0 amide bonds. The third-order valence-electron chi connectivity index (χ3n) is 1.77. The molecule has 1 unspecified atom stereocenters. The third kappa shape index (κ3) is 3.24. The largest absolute Gasteiger partial charge is 0.383 e. The quantitative estimate of drug-likeness (QED) is 0.650. The number of nitrogens with one attached hydrogen (secondary N) is 1. The fourth-order valence-electron chi connectivity index (χ4n) is 0.935. The highest BCUT2D eigenvalue weighted by Gasteiger charge is 2.09. The van der Waals surface area contributed by atoms with Crippen LogP contribution in [-0.2, 0) is 11.8 Å². The van der Waals surface area contributed by atoms with Crippen molar-refractivity contribution in [3.8, 4) is 0 Å². The van der Waals surface area contributed by atoms with E-state index in [-0.39, 0.29) is 0 Å². The first-order valence-corrected chi connectivity index (χ1v) is 5.27. The van der Waals surface area contributed by atoms with Crippen molar-refractivity contribution < 1.29 is 4.74 Å². The molecule has 0 saturated heterocycles. The van der Waals surface area contributed by atoms with E-state index in [1.165, 1.54) is 0 Å². The number of likely N-dealkylation sites (N-methyl/N-ethyl adjacent to an activating group) is 1. The van der Waals surface area contributed by atoms with Crippen molar-refractivity contribution in [2.75, 3.05) is 26.5 Å². The fourth-order valence-corrected chi connectivity index (χ4v) is 1.87. The number of tetrazole rings is 1. The van der Waals surface area contributed by atoms with E-state index in [0.717, 1.165) is 10.9 Å². The van der Waals surface area contributed by atoms with Gasteiger partial charge in [-0.05, 0) is 17.5 Å². The molecule has 0 aliphatic rings. The lowest BCUT2D eigenvalue weighted by molar-refractivity contribution is 0.177. The average molecular weight is 217 g/mol. The zero-order valence-electron chi connectivity index (χ0n) is 8.60. The fraction of sp³-hybridized carbons (Fsp3) is 0.857. The first-order chi connectivity index (χ1) is 6.77. The number of aromatic nitrogens is 4. The van der Waals surface area contributed by atoms with E-state index in [9.17, 15) is 0 Å². The summed E-state index contributed by atoms with van der Waals surface area (Å²) < 4.78 is 6.72. The van der Waals surface area contributed by atoms with Crippen LogP contribution >= 0.6 is 11.8 Å². The van der Waals surface area contributed by atoms with Crippen LogP contribution in [0.15, 0.2) is 5.16 Å². The summed E-state index contributed by atoms with van der Waals surface area (Å²) in [5.41, 5.74) is 0. The van der Waals surface area contributed by atoms with Gasteiger partial charge in [-0.2, -0.15) is 0 Å². The van der Waals surface area contributed by atoms with Gasteiger partial charge in [-0.3, -0.25) is 0 Å². The summed E-state index contributed by atoms with van der Waals surface area (Å²) in [5, 5.41) is 15.2. The van der Waals surface area contributed by atoms with Crippen LogP contribution in [0.5, 0.6) is 0 Å². The Morgan fingerprint density at radius 1 is 1.64 bits per heavy atom. The number of thioether (sulfide) groups is 1. The number of methoxy groups -OCH3 is 1. The van der Waals surface area contributed by atoms with Gasteiger partial charge < -0.3 is 10.1 Å². The number of ether oxygens (including phenoxy) is 1. The van der Waals surface area contributed by atoms with Gasteiger partial charge in [-0.1, -0.05) is 11.8 Å². The second-order valence-corrected chi connectivity index (χ2v) is 3.82. The van der Waals surface area contributed by atoms with Gasteiger partial charge in [0.15, 0.2) is 0 Å². The monoisotopic (exact) mass is 217 g/mol. The minimum atomic E-state index is 0.321. The molecule has 0 aliphatic heterocycles. The standard InChI is InChI=1S/C7H15N5OS/c1-8-6(4-13-3)5-14-7-9-10-11-12(7)2/h6,8H,4-5H2,1-3H3. The summed E-state index contributed by atoms with van der Waals surface area (Å²) in [5.74, 6) is 0.887. The van der Waals surface area contributed by atoms with E-state index >= 15 is 0 Å². The van der Waals surface area contributed by atoms with Crippen LogP contribution < -0.4 is 5.32 Å². The molecule has 1 rings (SSSR count). The Morgan fingerprint density at radius 2 is 2.43 bits per heavy atom. The highest BCUT2D eigenvalue weighted by Crippen LogP contribution is 2.13. The topological polar surface area (TPSA) is 64.9 Å². The normalized spacial score (nSPS) is 13.1. The van der Waals surface area contributed by atoms with E-state index in [1.807, 2.05) is 14.1 Å². The van der Waals surface area contributed by atoms with E-state index in [2.05, 4.69) is 20.8 Å². The van der Waals surface area contributed by atoms with E-state index in [0.29, 0.717) is 12.6 Å². The summed E-state index contributed by atoms with van der Waals surface area (Å²) in [6.07, 6.45) is 0. The summed E-state index contributed by atoms with van der Waals surface area (Å²) >= 11 is 1.61. The Morgan fingerprint density at radius 3 is 2.93 bits per heavy atom. The maximum absolute atomic E-state index is 5.06. The van der Waals surface area contributed by atoms with Crippen molar-refractivity contribution in [3.05, 3.63) is 0 Å². The Labute approximate surface area is 87.4 Å². The van der Waals surface area contributed by atoms with Gasteiger partial charge in [0.25, 0.3) is 0 Å². The predicted molar refractivity (Wildman–Crippen MR) is 54.2 cm³/mol. The first kappa shape index (κ1) is 11.4. The van der Waals surface area contributed by atoms with Crippen molar-refractivity contribution in [2.45, 2.75) is 11.2 Å². The number of hydrogen-bond acceptors (Lipinski definition) is 6. The summed E-state index contributed by atoms with van der Waals surface area (Å²) in [7, 11) is 5.44. The minimum absolute atomic E-state index is 0.321. The molecule has 0 bridgehead atoms. The third-order valence-corrected chi connectivity index (χ3v) is 2.94. The molecule has 1 heterocycles. The number of rotatable bonds is 6. The molecule has 0 fully saturated rings. The second-order valence-electron chi connectivity index (χ2n) is 2.84. The van der Waals surface area contributed by atoms with Crippen molar-refractivity contribution >= 4 is 11.8 Å². The SMILES string of the molecule is CNC(COC)CSc1nnnn1C. The Hall–Kier alpha value is -0.660. The molecular formula is C7H15N5OS. The van der Waals surface area contributed by atoms with Crippen LogP contribution in [0.3, 0.4) is 0 Å². The average Bonchev–Trinajstić information content (AvgIpc) is 2.59. The zero-order chi connectivity index (χ0) is 10.4. The molecule has 1 aromatic rings. The molecule has 80 valence electrons. The zero-order valence-corrected chi connectivity index (χ0v) is 9.41. The predicted octanol–water partition coefficient (Wildman–Crippen LogP) is -0.463. The minimum Gasteiger partial charge on any atom is -0.383 e. The molecule has 1 atom stereocenters. The summed E-state index contributed by atoms with van der Waals surface area (Å²) in [4.78, 5) is 0. The van der Waals surface area contributed by atoms with Crippen LogP contribution in [0, 0.1) is 0 Å². The van der Waals surface area contributed by atoms with Crippen LogP contribution in [0.1, 0.15) is 0 Å². The maximum atomic E-state index is 5.06. The highest BCUT2D eigenvalue weighted by atomic mass is 32.2. The van der Waals surface area contributed by atoms with Gasteiger partial charge in [-0.25, -0.2) is 4.68 Å². The van der Waals surface area contributed by atoms with Crippen molar-refractivity contribution in [3.63, 3.8) is 0 Å².